The van der Waals surface area contributed by atoms with Gasteiger partial charge < -0.3 is 4.74 Å². The van der Waals surface area contributed by atoms with Crippen molar-refractivity contribution in [3.8, 4) is 0 Å². The van der Waals surface area contributed by atoms with Crippen LogP contribution in [0.25, 0.3) is 0 Å². The molecule has 1 aromatic carbocycles. The summed E-state index contributed by atoms with van der Waals surface area (Å²) in [6.45, 7) is 2.75. The lowest BCUT2D eigenvalue weighted by atomic mass is 10.2. The molecule has 0 saturated carbocycles. The highest BCUT2D eigenvalue weighted by atomic mass is 16.5. The van der Waals surface area contributed by atoms with E-state index in [4.69, 9.17) is 4.74 Å². The van der Waals surface area contributed by atoms with Gasteiger partial charge in [-0.2, -0.15) is 0 Å². The number of nitrogens with zero attached hydrogens (tertiary/aromatic N) is 1. The number of rotatable bonds is 4. The number of benzene rings is 1. The molecule has 5 nitrogen and oxygen atoms in total. The van der Waals surface area contributed by atoms with Crippen LogP contribution in [0.3, 0.4) is 0 Å². The minimum Gasteiger partial charge on any atom is -0.465 e. The van der Waals surface area contributed by atoms with Crippen molar-refractivity contribution in [2.24, 2.45) is 0 Å². The van der Waals surface area contributed by atoms with Crippen LogP contribution in [0.15, 0.2) is 30.3 Å². The van der Waals surface area contributed by atoms with Gasteiger partial charge in [0.25, 0.3) is 5.91 Å². The Morgan fingerprint density at radius 2 is 1.78 bits per heavy atom. The first-order valence-electron chi connectivity index (χ1n) is 5.59. The Kier molecular flexibility index (Phi) is 5.05. The molecule has 0 aliphatic carbocycles. The van der Waals surface area contributed by atoms with E-state index in [0.717, 1.165) is 4.90 Å². The molecule has 0 bridgehead atoms. The molecule has 0 N–H and O–H groups in total. The average molecular weight is 249 g/mol. The van der Waals surface area contributed by atoms with Gasteiger partial charge in [0.2, 0.25) is 5.91 Å². The topological polar surface area (TPSA) is 63.7 Å². The molecule has 0 atom stereocenters. The number of carbonyl (C=O) groups is 3. The van der Waals surface area contributed by atoms with Crippen molar-refractivity contribution in [2.75, 3.05) is 13.2 Å². The third-order valence-electron chi connectivity index (χ3n) is 2.24. The van der Waals surface area contributed by atoms with E-state index in [-0.39, 0.29) is 13.2 Å². The molecule has 96 valence electrons. The fourth-order valence-electron chi connectivity index (χ4n) is 1.40. The van der Waals surface area contributed by atoms with Gasteiger partial charge in [-0.15, -0.1) is 0 Å². The molecule has 0 radical (unpaired) electrons. The summed E-state index contributed by atoms with van der Waals surface area (Å²) in [6.07, 6.45) is 0. The zero-order valence-electron chi connectivity index (χ0n) is 10.4. The quantitative estimate of drug-likeness (QED) is 0.753. The van der Waals surface area contributed by atoms with Crippen LogP contribution < -0.4 is 0 Å². The molecule has 0 heterocycles. The zero-order chi connectivity index (χ0) is 13.5. The summed E-state index contributed by atoms with van der Waals surface area (Å²) < 4.78 is 4.72. The van der Waals surface area contributed by atoms with Gasteiger partial charge in [-0.25, -0.2) is 0 Å². The van der Waals surface area contributed by atoms with Gasteiger partial charge in [0.15, 0.2) is 0 Å². The summed E-state index contributed by atoms with van der Waals surface area (Å²) in [7, 11) is 0. The van der Waals surface area contributed by atoms with E-state index in [0.29, 0.717) is 5.56 Å². The van der Waals surface area contributed by atoms with Gasteiger partial charge in [-0.3, -0.25) is 19.3 Å². The van der Waals surface area contributed by atoms with Gasteiger partial charge >= 0.3 is 5.97 Å². The Morgan fingerprint density at radius 3 is 2.28 bits per heavy atom. The predicted molar refractivity (Wildman–Crippen MR) is 64.8 cm³/mol. The zero-order valence-corrected chi connectivity index (χ0v) is 10.4. The minimum atomic E-state index is -0.600. The standard InChI is InChI=1S/C13H15NO4/c1-3-18-12(16)9-14(10(2)15)13(17)11-7-5-4-6-8-11/h4-8H,3,9H2,1-2H3. The normalized spacial score (nSPS) is 9.67. The number of carbonyl (C=O) groups excluding carboxylic acids is 3. The van der Waals surface area contributed by atoms with Crippen LogP contribution in [0.5, 0.6) is 0 Å². The minimum absolute atomic E-state index is 0.212. The van der Waals surface area contributed by atoms with Crippen molar-refractivity contribution in [1.29, 1.82) is 0 Å². The first-order valence-corrected chi connectivity index (χ1v) is 5.59. The number of hydrogen-bond donors (Lipinski definition) is 0. The highest BCUT2D eigenvalue weighted by molar-refractivity contribution is 6.05. The van der Waals surface area contributed by atoms with Gasteiger partial charge in [0, 0.05) is 12.5 Å². The molecule has 0 spiro atoms. The fourth-order valence-corrected chi connectivity index (χ4v) is 1.40. The van der Waals surface area contributed by atoms with Crippen LogP contribution >= 0.6 is 0 Å². The van der Waals surface area contributed by atoms with Crippen molar-refractivity contribution in [3.05, 3.63) is 35.9 Å². The molecule has 2 amide bonds. The second-order valence-electron chi connectivity index (χ2n) is 3.58. The van der Waals surface area contributed by atoms with E-state index >= 15 is 0 Å². The second-order valence-corrected chi connectivity index (χ2v) is 3.58. The van der Waals surface area contributed by atoms with Crippen LogP contribution in [0.1, 0.15) is 24.2 Å². The fraction of sp³-hybridized carbons (Fsp3) is 0.308. The lowest BCUT2D eigenvalue weighted by Gasteiger charge is -2.17. The number of imide groups is 1. The monoisotopic (exact) mass is 249 g/mol. The van der Waals surface area contributed by atoms with Crippen molar-refractivity contribution in [1.82, 2.24) is 4.90 Å². The summed E-state index contributed by atoms with van der Waals surface area (Å²) in [4.78, 5) is 35.6. The van der Waals surface area contributed by atoms with E-state index in [1.165, 1.54) is 6.92 Å². The summed E-state index contributed by atoms with van der Waals surface area (Å²) in [5.41, 5.74) is 0.358. The van der Waals surface area contributed by atoms with Crippen LogP contribution in [-0.2, 0) is 14.3 Å². The third kappa shape index (κ3) is 3.69. The van der Waals surface area contributed by atoms with Crippen LogP contribution in [0.4, 0.5) is 0 Å². The molecule has 5 heteroatoms. The van der Waals surface area contributed by atoms with E-state index in [1.54, 1.807) is 37.3 Å². The SMILES string of the molecule is CCOC(=O)CN(C(C)=O)C(=O)c1ccccc1. The summed E-state index contributed by atoms with van der Waals surface area (Å²) in [6, 6.07) is 8.32. The molecule has 0 unspecified atom stereocenters. The Hall–Kier alpha value is -2.17. The van der Waals surface area contributed by atoms with Crippen LogP contribution in [0, 0.1) is 0 Å². The molecule has 18 heavy (non-hydrogen) atoms. The maximum absolute atomic E-state index is 12.0. The molecule has 0 fully saturated rings. The lowest BCUT2D eigenvalue weighted by molar-refractivity contribution is -0.146. The van der Waals surface area contributed by atoms with Gasteiger partial charge in [0.05, 0.1) is 6.61 Å². The van der Waals surface area contributed by atoms with E-state index in [1.807, 2.05) is 0 Å². The molecule has 1 rings (SSSR count). The largest absolute Gasteiger partial charge is 0.465 e. The maximum atomic E-state index is 12.0. The summed E-state index contributed by atoms with van der Waals surface area (Å²) in [5.74, 6) is -1.59. The highest BCUT2D eigenvalue weighted by Gasteiger charge is 2.22. The summed E-state index contributed by atoms with van der Waals surface area (Å²) in [5, 5.41) is 0. The molecule has 0 aliphatic rings. The third-order valence-corrected chi connectivity index (χ3v) is 2.24. The van der Waals surface area contributed by atoms with Crippen molar-refractivity contribution in [2.45, 2.75) is 13.8 Å². The number of amides is 2. The molecule has 0 aromatic heterocycles. The number of hydrogen-bond acceptors (Lipinski definition) is 4. The van der Waals surface area contributed by atoms with Gasteiger partial charge in [-0.1, -0.05) is 18.2 Å². The Bertz CT molecular complexity index is 442. The van der Waals surface area contributed by atoms with E-state index in [2.05, 4.69) is 0 Å². The molecular weight excluding hydrogens is 234 g/mol. The van der Waals surface area contributed by atoms with Crippen LogP contribution in [0.2, 0.25) is 0 Å². The Labute approximate surface area is 105 Å². The molecule has 0 saturated heterocycles. The number of esters is 1. The predicted octanol–water partition coefficient (Wildman–Crippen LogP) is 1.24. The lowest BCUT2D eigenvalue weighted by Crippen LogP contribution is -2.39. The van der Waals surface area contributed by atoms with Crippen molar-refractivity contribution < 1.29 is 19.1 Å². The number of ether oxygens (including phenoxy) is 1. The second kappa shape index (κ2) is 6.54. The maximum Gasteiger partial charge on any atom is 0.326 e. The smallest absolute Gasteiger partial charge is 0.326 e. The average Bonchev–Trinajstić information content (AvgIpc) is 2.36. The highest BCUT2D eigenvalue weighted by Crippen LogP contribution is 2.05. The Morgan fingerprint density at radius 1 is 1.17 bits per heavy atom. The first kappa shape index (κ1) is 13.9. The van der Waals surface area contributed by atoms with Crippen LogP contribution in [-0.4, -0.2) is 35.8 Å². The van der Waals surface area contributed by atoms with E-state index in [9.17, 15) is 14.4 Å². The molecule has 1 aromatic rings. The van der Waals surface area contributed by atoms with Crippen molar-refractivity contribution >= 4 is 17.8 Å². The molecule has 0 aliphatic heterocycles. The molecular formula is C13H15NO4. The van der Waals surface area contributed by atoms with Gasteiger partial charge in [-0.05, 0) is 19.1 Å². The first-order chi connectivity index (χ1) is 8.56. The van der Waals surface area contributed by atoms with Crippen molar-refractivity contribution in [3.63, 3.8) is 0 Å². The Balaban J connectivity index is 2.83. The van der Waals surface area contributed by atoms with Gasteiger partial charge in [0.1, 0.15) is 6.54 Å². The van der Waals surface area contributed by atoms with E-state index < -0.39 is 17.8 Å². The summed E-state index contributed by atoms with van der Waals surface area (Å²) >= 11 is 0.